The predicted molar refractivity (Wildman–Crippen MR) is 110 cm³/mol. The van der Waals surface area contributed by atoms with Gasteiger partial charge in [-0.15, -0.1) is 0 Å². The van der Waals surface area contributed by atoms with Crippen molar-refractivity contribution in [1.82, 2.24) is 14.9 Å². The Hall–Kier alpha value is -2.33. The molecule has 0 amide bonds. The summed E-state index contributed by atoms with van der Waals surface area (Å²) in [5, 5.41) is 0. The van der Waals surface area contributed by atoms with Crippen molar-refractivity contribution >= 4 is 6.21 Å². The summed E-state index contributed by atoms with van der Waals surface area (Å²) >= 11 is 0. The van der Waals surface area contributed by atoms with E-state index in [4.69, 9.17) is 9.98 Å². The SMILES string of the molecule is CC1=C([C@@H]2CCC[C@H](c3ncccc3C)N2Cc2ccncc2)N=CCC1. The minimum Gasteiger partial charge on any atom is -0.282 e. The molecule has 4 nitrogen and oxygen atoms in total. The first-order chi connectivity index (χ1) is 13.2. The Bertz CT molecular complexity index is 840. The van der Waals surface area contributed by atoms with E-state index in [2.05, 4.69) is 48.1 Å². The number of aromatic nitrogens is 2. The Kier molecular flexibility index (Phi) is 5.44. The largest absolute Gasteiger partial charge is 0.282 e. The molecule has 140 valence electrons. The minimum absolute atomic E-state index is 0.329. The van der Waals surface area contributed by atoms with Gasteiger partial charge in [-0.05, 0) is 80.9 Å². The number of hydrogen-bond acceptors (Lipinski definition) is 4. The normalized spacial score (nSPS) is 23.6. The lowest BCUT2D eigenvalue weighted by atomic mass is 9.87. The molecule has 0 bridgehead atoms. The molecule has 4 heterocycles. The lowest BCUT2D eigenvalue weighted by Crippen LogP contribution is -2.43. The van der Waals surface area contributed by atoms with Crippen molar-refractivity contribution in [1.29, 1.82) is 0 Å². The zero-order chi connectivity index (χ0) is 18.6. The molecule has 0 saturated carbocycles. The highest BCUT2D eigenvalue weighted by Gasteiger charge is 2.35. The lowest BCUT2D eigenvalue weighted by molar-refractivity contribution is 0.0889. The summed E-state index contributed by atoms with van der Waals surface area (Å²) in [5.74, 6) is 0. The van der Waals surface area contributed by atoms with Crippen LogP contribution in [0.3, 0.4) is 0 Å². The van der Waals surface area contributed by atoms with Gasteiger partial charge in [0, 0.05) is 31.3 Å². The van der Waals surface area contributed by atoms with Crippen molar-refractivity contribution in [2.45, 2.75) is 64.6 Å². The topological polar surface area (TPSA) is 41.4 Å². The molecule has 2 aliphatic heterocycles. The van der Waals surface area contributed by atoms with Crippen LogP contribution >= 0.6 is 0 Å². The number of hydrogen-bond donors (Lipinski definition) is 0. The molecule has 2 atom stereocenters. The highest BCUT2D eigenvalue weighted by Crippen LogP contribution is 2.40. The summed E-state index contributed by atoms with van der Waals surface area (Å²) in [7, 11) is 0. The maximum atomic E-state index is 4.86. The summed E-state index contributed by atoms with van der Waals surface area (Å²) in [6.45, 7) is 5.34. The molecule has 1 fully saturated rings. The van der Waals surface area contributed by atoms with Crippen LogP contribution in [0.1, 0.15) is 61.9 Å². The van der Waals surface area contributed by atoms with Crippen molar-refractivity contribution in [2.75, 3.05) is 0 Å². The van der Waals surface area contributed by atoms with Gasteiger partial charge in [-0.25, -0.2) is 0 Å². The van der Waals surface area contributed by atoms with Gasteiger partial charge in [0.15, 0.2) is 0 Å². The van der Waals surface area contributed by atoms with Crippen LogP contribution in [0.15, 0.2) is 59.1 Å². The smallest absolute Gasteiger partial charge is 0.0604 e. The van der Waals surface area contributed by atoms with Gasteiger partial charge in [0.2, 0.25) is 0 Å². The molecule has 0 spiro atoms. The summed E-state index contributed by atoms with van der Waals surface area (Å²) < 4.78 is 0. The molecule has 0 aliphatic carbocycles. The summed E-state index contributed by atoms with van der Waals surface area (Å²) in [6.07, 6.45) is 13.5. The number of piperidine rings is 1. The van der Waals surface area contributed by atoms with E-state index in [1.54, 1.807) is 0 Å². The van der Waals surface area contributed by atoms with Crippen LogP contribution in [0, 0.1) is 6.92 Å². The highest BCUT2D eigenvalue weighted by atomic mass is 15.2. The van der Waals surface area contributed by atoms with Crippen LogP contribution < -0.4 is 0 Å². The third-order valence-corrected chi connectivity index (χ3v) is 5.87. The Morgan fingerprint density at radius 3 is 2.63 bits per heavy atom. The molecule has 4 rings (SSSR count). The fraction of sp³-hybridized carbons (Fsp3) is 0.435. The van der Waals surface area contributed by atoms with Crippen LogP contribution in [0.25, 0.3) is 0 Å². The predicted octanol–water partition coefficient (Wildman–Crippen LogP) is 5.02. The molecule has 4 heteroatoms. The molecular weight excluding hydrogens is 332 g/mol. The van der Waals surface area contributed by atoms with Crippen molar-refractivity contribution < 1.29 is 0 Å². The van der Waals surface area contributed by atoms with Gasteiger partial charge in [-0.1, -0.05) is 6.07 Å². The molecule has 27 heavy (non-hydrogen) atoms. The molecule has 0 radical (unpaired) electrons. The average Bonchev–Trinajstić information content (AvgIpc) is 2.70. The number of pyridine rings is 2. The van der Waals surface area contributed by atoms with Crippen LogP contribution in [-0.4, -0.2) is 27.1 Å². The number of rotatable bonds is 4. The maximum absolute atomic E-state index is 4.86. The Morgan fingerprint density at radius 1 is 1.04 bits per heavy atom. The van der Waals surface area contributed by atoms with Gasteiger partial charge in [-0.3, -0.25) is 19.9 Å². The van der Waals surface area contributed by atoms with Crippen LogP contribution in [0.4, 0.5) is 0 Å². The van der Waals surface area contributed by atoms with E-state index in [0.717, 1.165) is 32.2 Å². The molecular formula is C23H28N4. The monoisotopic (exact) mass is 360 g/mol. The van der Waals surface area contributed by atoms with Gasteiger partial charge in [-0.2, -0.15) is 0 Å². The summed E-state index contributed by atoms with van der Waals surface area (Å²) in [5.41, 5.74) is 6.53. The molecule has 0 N–H and O–H groups in total. The first kappa shape index (κ1) is 18.1. The standard InChI is InChI=1S/C23H28N4/c1-17-6-4-12-25-22(17)20-8-3-9-21(23-18(2)7-5-13-26-23)27(20)16-19-10-14-24-15-11-19/h4,6,10-15,20-21H,3,5,7-9,16H2,1-2H3/t20-,21+/m1/s1. The number of aryl methyl sites for hydroxylation is 1. The molecule has 2 aromatic rings. The third kappa shape index (κ3) is 3.86. The van der Waals surface area contributed by atoms with Crippen LogP contribution in [0.2, 0.25) is 0 Å². The summed E-state index contributed by atoms with van der Waals surface area (Å²) in [6, 6.07) is 9.15. The molecule has 2 aromatic heterocycles. The van der Waals surface area contributed by atoms with Crippen molar-refractivity contribution in [3.8, 4) is 0 Å². The number of likely N-dealkylation sites (tertiary alicyclic amines) is 1. The summed E-state index contributed by atoms with van der Waals surface area (Å²) in [4.78, 5) is 16.5. The second-order valence-electron chi connectivity index (χ2n) is 7.71. The Morgan fingerprint density at radius 2 is 1.85 bits per heavy atom. The van der Waals surface area contributed by atoms with Crippen LogP contribution in [-0.2, 0) is 6.54 Å². The molecule has 2 aliphatic rings. The van der Waals surface area contributed by atoms with E-state index < -0.39 is 0 Å². The zero-order valence-corrected chi connectivity index (χ0v) is 16.3. The fourth-order valence-electron chi connectivity index (χ4n) is 4.46. The fourth-order valence-corrected chi connectivity index (χ4v) is 4.46. The minimum atomic E-state index is 0.329. The van der Waals surface area contributed by atoms with E-state index in [9.17, 15) is 0 Å². The second-order valence-corrected chi connectivity index (χ2v) is 7.71. The first-order valence-electron chi connectivity index (χ1n) is 10.0. The third-order valence-electron chi connectivity index (χ3n) is 5.87. The first-order valence-corrected chi connectivity index (χ1v) is 10.0. The van der Waals surface area contributed by atoms with Crippen molar-refractivity contribution in [3.05, 3.63) is 70.9 Å². The highest BCUT2D eigenvalue weighted by molar-refractivity contribution is 5.62. The van der Waals surface area contributed by atoms with Gasteiger partial charge in [0.05, 0.1) is 23.5 Å². The molecule has 0 aromatic carbocycles. The second kappa shape index (κ2) is 8.13. The quantitative estimate of drug-likeness (QED) is 0.769. The number of allylic oxidation sites excluding steroid dienone is 1. The van der Waals surface area contributed by atoms with Gasteiger partial charge < -0.3 is 0 Å². The van der Waals surface area contributed by atoms with Crippen molar-refractivity contribution in [2.24, 2.45) is 4.99 Å². The Balaban J connectivity index is 1.73. The van der Waals surface area contributed by atoms with E-state index in [1.165, 1.54) is 34.5 Å². The van der Waals surface area contributed by atoms with Gasteiger partial charge in [0.1, 0.15) is 0 Å². The lowest BCUT2D eigenvalue weighted by Gasteiger charge is -2.43. The van der Waals surface area contributed by atoms with Crippen LogP contribution in [0.5, 0.6) is 0 Å². The number of aliphatic imine (C=N–C) groups is 1. The zero-order valence-electron chi connectivity index (χ0n) is 16.3. The van der Waals surface area contributed by atoms with Crippen molar-refractivity contribution in [3.63, 3.8) is 0 Å². The van der Waals surface area contributed by atoms with E-state index in [0.29, 0.717) is 12.1 Å². The maximum Gasteiger partial charge on any atom is 0.0604 e. The number of nitrogens with zero attached hydrogens (tertiary/aromatic N) is 4. The van der Waals surface area contributed by atoms with Gasteiger partial charge in [0.25, 0.3) is 0 Å². The molecule has 1 saturated heterocycles. The van der Waals surface area contributed by atoms with E-state index >= 15 is 0 Å². The van der Waals surface area contributed by atoms with E-state index in [-0.39, 0.29) is 0 Å². The molecule has 0 unspecified atom stereocenters. The Labute approximate surface area is 162 Å². The average molecular weight is 361 g/mol. The van der Waals surface area contributed by atoms with Gasteiger partial charge >= 0.3 is 0 Å². The van der Waals surface area contributed by atoms with E-state index in [1.807, 2.05) is 24.7 Å².